The number of methoxy groups -OCH3 is 1. The van der Waals surface area contributed by atoms with Gasteiger partial charge in [0.25, 0.3) is 6.43 Å². The first-order chi connectivity index (χ1) is 5.65. The van der Waals surface area contributed by atoms with Gasteiger partial charge in [-0.1, -0.05) is 0 Å². The lowest BCUT2D eigenvalue weighted by Gasteiger charge is -2.06. The molecule has 3 nitrogen and oxygen atoms in total. The van der Waals surface area contributed by atoms with Crippen molar-refractivity contribution in [3.63, 3.8) is 0 Å². The molecule has 0 aliphatic carbocycles. The van der Waals surface area contributed by atoms with Crippen molar-refractivity contribution in [2.24, 2.45) is 0 Å². The van der Waals surface area contributed by atoms with Gasteiger partial charge in [0, 0.05) is 0 Å². The van der Waals surface area contributed by atoms with Gasteiger partial charge in [0.1, 0.15) is 0 Å². The Morgan fingerprint density at radius 1 is 1.58 bits per heavy atom. The molecule has 1 aromatic rings. The minimum Gasteiger partial charge on any atom is -0.481 e. The summed E-state index contributed by atoms with van der Waals surface area (Å²) in [5, 5.41) is 0. The standard InChI is InChI=1S/C7H8F2N2O/c1-12-7-5(6(8)9)2-4(10)3-11-7/h2-3,6H,10H2,1H3. The van der Waals surface area contributed by atoms with E-state index in [1.807, 2.05) is 0 Å². The second-order valence-corrected chi connectivity index (χ2v) is 2.17. The van der Waals surface area contributed by atoms with E-state index in [9.17, 15) is 8.78 Å². The van der Waals surface area contributed by atoms with Crippen molar-refractivity contribution in [2.75, 3.05) is 12.8 Å². The van der Waals surface area contributed by atoms with Crippen LogP contribution in [0.2, 0.25) is 0 Å². The van der Waals surface area contributed by atoms with E-state index in [4.69, 9.17) is 5.73 Å². The van der Waals surface area contributed by atoms with E-state index < -0.39 is 6.43 Å². The van der Waals surface area contributed by atoms with Crippen LogP contribution in [0.4, 0.5) is 14.5 Å². The quantitative estimate of drug-likeness (QED) is 0.740. The molecule has 12 heavy (non-hydrogen) atoms. The van der Waals surface area contributed by atoms with Crippen LogP contribution in [0.15, 0.2) is 12.3 Å². The molecule has 0 saturated heterocycles. The second kappa shape index (κ2) is 3.34. The molecule has 0 radical (unpaired) electrons. The summed E-state index contributed by atoms with van der Waals surface area (Å²) in [5.74, 6) is -0.0841. The number of hydrogen-bond donors (Lipinski definition) is 1. The third-order valence-electron chi connectivity index (χ3n) is 1.33. The van der Waals surface area contributed by atoms with Crippen molar-refractivity contribution in [1.82, 2.24) is 4.98 Å². The average Bonchev–Trinajstić information content (AvgIpc) is 2.04. The summed E-state index contributed by atoms with van der Waals surface area (Å²) in [5.41, 5.74) is 5.19. The molecule has 2 N–H and O–H groups in total. The van der Waals surface area contributed by atoms with Gasteiger partial charge in [-0.3, -0.25) is 0 Å². The minimum absolute atomic E-state index is 0.0841. The molecular weight excluding hydrogens is 166 g/mol. The molecule has 0 aliphatic rings. The Bertz CT molecular complexity index is 278. The summed E-state index contributed by atoms with van der Waals surface area (Å²) in [7, 11) is 1.28. The molecular formula is C7H8F2N2O. The van der Waals surface area contributed by atoms with Gasteiger partial charge in [-0.05, 0) is 6.07 Å². The van der Waals surface area contributed by atoms with Crippen LogP contribution in [0.1, 0.15) is 12.0 Å². The lowest BCUT2D eigenvalue weighted by atomic mass is 10.2. The Balaban J connectivity index is 3.12. The van der Waals surface area contributed by atoms with E-state index in [-0.39, 0.29) is 17.1 Å². The monoisotopic (exact) mass is 174 g/mol. The van der Waals surface area contributed by atoms with Gasteiger partial charge in [0.05, 0.1) is 24.6 Å². The Kier molecular flexibility index (Phi) is 2.42. The van der Waals surface area contributed by atoms with E-state index in [2.05, 4.69) is 9.72 Å². The first kappa shape index (κ1) is 8.70. The van der Waals surface area contributed by atoms with Gasteiger partial charge in [0.15, 0.2) is 0 Å². The maximum atomic E-state index is 12.2. The highest BCUT2D eigenvalue weighted by Crippen LogP contribution is 2.27. The number of nitrogens with zero attached hydrogens (tertiary/aromatic N) is 1. The van der Waals surface area contributed by atoms with Crippen LogP contribution in [0.3, 0.4) is 0 Å². The lowest BCUT2D eigenvalue weighted by Crippen LogP contribution is -1.97. The molecule has 0 aliphatic heterocycles. The summed E-state index contributed by atoms with van der Waals surface area (Å²) in [6, 6.07) is 1.15. The number of nitrogen functional groups attached to an aromatic ring is 1. The summed E-state index contributed by atoms with van der Waals surface area (Å²) in [6.45, 7) is 0. The number of ether oxygens (including phenoxy) is 1. The smallest absolute Gasteiger partial charge is 0.269 e. The van der Waals surface area contributed by atoms with Crippen molar-refractivity contribution < 1.29 is 13.5 Å². The highest BCUT2D eigenvalue weighted by molar-refractivity contribution is 5.42. The number of pyridine rings is 1. The largest absolute Gasteiger partial charge is 0.481 e. The summed E-state index contributed by atoms with van der Waals surface area (Å²) in [6.07, 6.45) is -1.35. The van der Waals surface area contributed by atoms with Crippen molar-refractivity contribution in [2.45, 2.75) is 6.43 Å². The van der Waals surface area contributed by atoms with Crippen molar-refractivity contribution in [1.29, 1.82) is 0 Å². The number of alkyl halides is 2. The van der Waals surface area contributed by atoms with Crippen LogP contribution in [0, 0.1) is 0 Å². The zero-order valence-corrected chi connectivity index (χ0v) is 6.42. The zero-order chi connectivity index (χ0) is 9.14. The maximum Gasteiger partial charge on any atom is 0.269 e. The molecule has 0 spiro atoms. The topological polar surface area (TPSA) is 48.1 Å². The normalized spacial score (nSPS) is 10.3. The zero-order valence-electron chi connectivity index (χ0n) is 6.42. The highest BCUT2D eigenvalue weighted by atomic mass is 19.3. The molecule has 1 aromatic heterocycles. The fraction of sp³-hybridized carbons (Fsp3) is 0.286. The molecule has 0 unspecified atom stereocenters. The first-order valence-corrected chi connectivity index (χ1v) is 3.22. The molecule has 0 atom stereocenters. The maximum absolute atomic E-state index is 12.2. The van der Waals surface area contributed by atoms with E-state index >= 15 is 0 Å². The van der Waals surface area contributed by atoms with Crippen LogP contribution >= 0.6 is 0 Å². The van der Waals surface area contributed by atoms with Crippen LogP contribution < -0.4 is 10.5 Å². The van der Waals surface area contributed by atoms with Crippen LogP contribution in [-0.4, -0.2) is 12.1 Å². The number of hydrogen-bond acceptors (Lipinski definition) is 3. The summed E-state index contributed by atoms with van der Waals surface area (Å²) >= 11 is 0. The highest BCUT2D eigenvalue weighted by Gasteiger charge is 2.14. The molecule has 1 heterocycles. The van der Waals surface area contributed by atoms with Crippen LogP contribution in [-0.2, 0) is 0 Å². The first-order valence-electron chi connectivity index (χ1n) is 3.22. The van der Waals surface area contributed by atoms with E-state index in [0.717, 1.165) is 6.07 Å². The SMILES string of the molecule is COc1ncc(N)cc1C(F)F. The lowest BCUT2D eigenvalue weighted by molar-refractivity contribution is 0.146. The number of halogens is 2. The van der Waals surface area contributed by atoms with E-state index in [0.29, 0.717) is 0 Å². The fourth-order valence-electron chi connectivity index (χ4n) is 0.813. The molecule has 66 valence electrons. The Morgan fingerprint density at radius 2 is 2.25 bits per heavy atom. The Labute approximate surface area is 68.2 Å². The van der Waals surface area contributed by atoms with Crippen molar-refractivity contribution in [3.8, 4) is 5.88 Å². The van der Waals surface area contributed by atoms with Crippen molar-refractivity contribution >= 4 is 5.69 Å². The fourth-order valence-corrected chi connectivity index (χ4v) is 0.813. The van der Waals surface area contributed by atoms with Gasteiger partial charge in [0.2, 0.25) is 5.88 Å². The van der Waals surface area contributed by atoms with Crippen LogP contribution in [0.5, 0.6) is 5.88 Å². The predicted octanol–water partition coefficient (Wildman–Crippen LogP) is 1.61. The van der Waals surface area contributed by atoms with E-state index in [1.54, 1.807) is 0 Å². The Hall–Kier alpha value is -1.39. The van der Waals surface area contributed by atoms with Crippen LogP contribution in [0.25, 0.3) is 0 Å². The molecule has 0 saturated carbocycles. The summed E-state index contributed by atoms with van der Waals surface area (Å²) in [4.78, 5) is 3.59. The third kappa shape index (κ3) is 1.61. The molecule has 0 amide bonds. The van der Waals surface area contributed by atoms with Gasteiger partial charge >= 0.3 is 0 Å². The summed E-state index contributed by atoms with van der Waals surface area (Å²) < 4.78 is 29.1. The van der Waals surface area contributed by atoms with Gasteiger partial charge in [-0.25, -0.2) is 13.8 Å². The second-order valence-electron chi connectivity index (χ2n) is 2.17. The minimum atomic E-state index is -2.61. The van der Waals surface area contributed by atoms with E-state index in [1.165, 1.54) is 13.3 Å². The molecule has 0 fully saturated rings. The number of rotatable bonds is 2. The molecule has 1 rings (SSSR count). The Morgan fingerprint density at radius 3 is 2.75 bits per heavy atom. The number of nitrogens with two attached hydrogens (primary N) is 1. The predicted molar refractivity (Wildman–Crippen MR) is 40.2 cm³/mol. The van der Waals surface area contributed by atoms with Gasteiger partial charge < -0.3 is 10.5 Å². The molecule has 0 bridgehead atoms. The average molecular weight is 174 g/mol. The van der Waals surface area contributed by atoms with Gasteiger partial charge in [-0.15, -0.1) is 0 Å². The number of anilines is 1. The molecule has 5 heteroatoms. The molecule has 0 aromatic carbocycles. The van der Waals surface area contributed by atoms with Crippen molar-refractivity contribution in [3.05, 3.63) is 17.8 Å². The van der Waals surface area contributed by atoms with Gasteiger partial charge in [-0.2, -0.15) is 0 Å². The number of aromatic nitrogens is 1. The third-order valence-corrected chi connectivity index (χ3v) is 1.33.